The lowest BCUT2D eigenvalue weighted by molar-refractivity contribution is -0.156. The van der Waals surface area contributed by atoms with Crippen molar-refractivity contribution in [2.45, 2.75) is 32.8 Å². The molecule has 0 spiro atoms. The maximum Gasteiger partial charge on any atom is 0.308 e. The number of ether oxygens (including phenoxy) is 13. The van der Waals surface area contributed by atoms with Crippen LogP contribution < -0.4 is 5.32 Å². The van der Waals surface area contributed by atoms with Crippen molar-refractivity contribution in [1.29, 1.82) is 0 Å². The molecule has 298 valence electrons. The van der Waals surface area contributed by atoms with E-state index in [-0.39, 0.29) is 18.3 Å². The molecule has 0 radical (unpaired) electrons. The summed E-state index contributed by atoms with van der Waals surface area (Å²) in [4.78, 5) is 22.6. The zero-order valence-electron chi connectivity index (χ0n) is 30.6. The molecule has 0 aliphatic carbocycles. The number of esters is 1. The highest BCUT2D eigenvalue weighted by Crippen LogP contribution is 2.08. The standard InChI is InChI=1S/C33H64BrNO15/c1-33(2,3)50-32(37)4-6-38-8-10-40-12-14-42-16-18-44-20-22-46-24-26-48-28-29-49-27-25-47-23-21-45-19-17-43-15-13-41-11-9-39-7-5-35-31(36)30-34/h4-30H2,1-3H3,(H,35,36). The highest BCUT2D eigenvalue weighted by atomic mass is 79.9. The maximum atomic E-state index is 11.6. The SMILES string of the molecule is CC(C)(C)OC(=O)CCOCCOCCOCCOCCOCCOCCOCCOCCOCCOCCOCCOCCNC(=O)CBr. The second-order valence-corrected chi connectivity index (χ2v) is 11.7. The van der Waals surface area contributed by atoms with E-state index < -0.39 is 5.60 Å². The van der Waals surface area contributed by atoms with Crippen molar-refractivity contribution in [1.82, 2.24) is 5.32 Å². The van der Waals surface area contributed by atoms with Gasteiger partial charge in [-0.25, -0.2) is 0 Å². The maximum absolute atomic E-state index is 11.6. The van der Waals surface area contributed by atoms with Crippen molar-refractivity contribution in [3.8, 4) is 0 Å². The van der Waals surface area contributed by atoms with Crippen LogP contribution in [0.4, 0.5) is 0 Å². The lowest BCUT2D eigenvalue weighted by Crippen LogP contribution is -2.28. The van der Waals surface area contributed by atoms with Crippen molar-refractivity contribution < 1.29 is 71.2 Å². The Morgan fingerprint density at radius 2 is 0.660 bits per heavy atom. The van der Waals surface area contributed by atoms with Crippen molar-refractivity contribution in [2.75, 3.05) is 170 Å². The molecule has 0 saturated heterocycles. The first kappa shape index (κ1) is 48.9. The normalized spacial score (nSPS) is 11.7. The number of nitrogens with one attached hydrogen (secondary N) is 1. The average Bonchev–Trinajstić information content (AvgIpc) is 3.08. The summed E-state index contributed by atoms with van der Waals surface area (Å²) < 4.78 is 70.5. The molecule has 50 heavy (non-hydrogen) atoms. The third kappa shape index (κ3) is 43.1. The van der Waals surface area contributed by atoms with Crippen LogP contribution in [0.5, 0.6) is 0 Å². The number of carbonyl (C=O) groups is 2. The summed E-state index contributed by atoms with van der Waals surface area (Å²) in [7, 11) is 0. The van der Waals surface area contributed by atoms with E-state index in [1.54, 1.807) is 0 Å². The summed E-state index contributed by atoms with van der Waals surface area (Å²) in [6.07, 6.45) is 0.228. The fourth-order valence-corrected chi connectivity index (χ4v) is 3.58. The minimum atomic E-state index is -0.477. The van der Waals surface area contributed by atoms with Crippen LogP contribution in [0.25, 0.3) is 0 Å². The first-order valence-electron chi connectivity index (χ1n) is 17.3. The van der Waals surface area contributed by atoms with Gasteiger partial charge in [-0.3, -0.25) is 9.59 Å². The fraction of sp³-hybridized carbons (Fsp3) is 0.939. The van der Waals surface area contributed by atoms with Gasteiger partial charge in [-0.05, 0) is 20.8 Å². The number of carbonyl (C=O) groups excluding carboxylic acids is 2. The van der Waals surface area contributed by atoms with Gasteiger partial charge in [0.05, 0.1) is 170 Å². The van der Waals surface area contributed by atoms with Gasteiger partial charge in [0.2, 0.25) is 5.91 Å². The van der Waals surface area contributed by atoms with E-state index in [2.05, 4.69) is 21.2 Å². The molecule has 0 bridgehead atoms. The largest absolute Gasteiger partial charge is 0.460 e. The van der Waals surface area contributed by atoms with Crippen LogP contribution in [0.3, 0.4) is 0 Å². The highest BCUT2D eigenvalue weighted by molar-refractivity contribution is 9.09. The Bertz CT molecular complexity index is 734. The van der Waals surface area contributed by atoms with Gasteiger partial charge in [-0.15, -0.1) is 0 Å². The molecule has 16 nitrogen and oxygen atoms in total. The van der Waals surface area contributed by atoms with Crippen LogP contribution >= 0.6 is 15.9 Å². The molecular weight excluding hydrogens is 730 g/mol. The molecule has 0 atom stereocenters. The Kier molecular flexibility index (Phi) is 38.3. The number of hydrogen-bond donors (Lipinski definition) is 1. The lowest BCUT2D eigenvalue weighted by Gasteiger charge is -2.19. The third-order valence-corrected chi connectivity index (χ3v) is 6.16. The van der Waals surface area contributed by atoms with Gasteiger partial charge in [-0.2, -0.15) is 0 Å². The van der Waals surface area contributed by atoms with Crippen molar-refractivity contribution in [2.24, 2.45) is 0 Å². The molecule has 0 aliphatic heterocycles. The Hall–Kier alpha value is -1.06. The molecule has 0 aliphatic rings. The topological polar surface area (TPSA) is 166 Å². The highest BCUT2D eigenvalue weighted by Gasteiger charge is 2.15. The molecule has 0 saturated carbocycles. The van der Waals surface area contributed by atoms with Crippen LogP contribution in [0.1, 0.15) is 27.2 Å². The number of amides is 1. The van der Waals surface area contributed by atoms with Crippen LogP contribution in [0.15, 0.2) is 0 Å². The fourth-order valence-electron chi connectivity index (χ4n) is 3.38. The first-order valence-corrected chi connectivity index (χ1v) is 18.4. The smallest absolute Gasteiger partial charge is 0.308 e. The van der Waals surface area contributed by atoms with Gasteiger partial charge in [0, 0.05) is 6.54 Å². The Labute approximate surface area is 307 Å². The Morgan fingerprint density at radius 3 is 0.900 bits per heavy atom. The minimum Gasteiger partial charge on any atom is -0.460 e. The zero-order chi connectivity index (χ0) is 36.6. The summed E-state index contributed by atoms with van der Waals surface area (Å²) in [5, 5.41) is 2.99. The molecule has 1 amide bonds. The van der Waals surface area contributed by atoms with Gasteiger partial charge in [0.1, 0.15) is 5.60 Å². The van der Waals surface area contributed by atoms with E-state index in [4.69, 9.17) is 61.6 Å². The number of hydrogen-bond acceptors (Lipinski definition) is 15. The van der Waals surface area contributed by atoms with E-state index in [0.29, 0.717) is 170 Å². The summed E-state index contributed by atoms with van der Waals surface area (Å²) >= 11 is 3.08. The Balaban J connectivity index is 3.10. The van der Waals surface area contributed by atoms with E-state index >= 15 is 0 Å². The molecule has 0 aromatic carbocycles. The number of alkyl halides is 1. The summed E-state index contributed by atoms with van der Waals surface area (Å²) in [6, 6.07) is 0. The predicted molar refractivity (Wildman–Crippen MR) is 187 cm³/mol. The number of halogens is 1. The molecule has 1 N–H and O–H groups in total. The van der Waals surface area contributed by atoms with Gasteiger partial charge in [0.25, 0.3) is 0 Å². The summed E-state index contributed by atoms with van der Waals surface area (Å²) in [5.41, 5.74) is -0.477. The van der Waals surface area contributed by atoms with Crippen LogP contribution in [-0.4, -0.2) is 188 Å². The minimum absolute atomic E-state index is 0.0603. The van der Waals surface area contributed by atoms with E-state index in [9.17, 15) is 9.59 Å². The second kappa shape index (κ2) is 39.2. The van der Waals surface area contributed by atoms with E-state index in [1.165, 1.54) is 0 Å². The monoisotopic (exact) mass is 793 g/mol. The van der Waals surface area contributed by atoms with Crippen molar-refractivity contribution in [3.05, 3.63) is 0 Å². The summed E-state index contributed by atoms with van der Waals surface area (Å²) in [6.45, 7) is 17.3. The van der Waals surface area contributed by atoms with Gasteiger partial charge < -0.3 is 66.9 Å². The summed E-state index contributed by atoms with van der Waals surface area (Å²) in [5.74, 6) is -0.328. The van der Waals surface area contributed by atoms with Gasteiger partial charge >= 0.3 is 5.97 Å². The molecule has 0 fully saturated rings. The van der Waals surface area contributed by atoms with Crippen LogP contribution in [0.2, 0.25) is 0 Å². The first-order chi connectivity index (χ1) is 24.3. The van der Waals surface area contributed by atoms with Gasteiger partial charge in [0.15, 0.2) is 0 Å². The Morgan fingerprint density at radius 1 is 0.420 bits per heavy atom. The quantitative estimate of drug-likeness (QED) is 0.0538. The van der Waals surface area contributed by atoms with E-state index in [0.717, 1.165) is 0 Å². The molecule has 17 heteroatoms. The van der Waals surface area contributed by atoms with Gasteiger partial charge in [-0.1, -0.05) is 15.9 Å². The molecule has 0 heterocycles. The molecule has 0 rings (SSSR count). The lowest BCUT2D eigenvalue weighted by atomic mass is 10.2. The molecule has 0 aromatic rings. The number of rotatable bonds is 40. The van der Waals surface area contributed by atoms with Crippen LogP contribution in [-0.2, 0) is 71.2 Å². The van der Waals surface area contributed by atoms with E-state index in [1.807, 2.05) is 20.8 Å². The second-order valence-electron chi connectivity index (χ2n) is 11.2. The third-order valence-electron chi connectivity index (χ3n) is 5.65. The molecule has 0 unspecified atom stereocenters. The van der Waals surface area contributed by atoms with Crippen molar-refractivity contribution in [3.63, 3.8) is 0 Å². The van der Waals surface area contributed by atoms with Crippen molar-refractivity contribution >= 4 is 27.8 Å². The zero-order valence-corrected chi connectivity index (χ0v) is 32.2. The molecular formula is C33H64BrNO15. The van der Waals surface area contributed by atoms with Crippen LogP contribution in [0, 0.1) is 0 Å². The average molecular weight is 795 g/mol. The molecule has 0 aromatic heterocycles. The predicted octanol–water partition coefficient (Wildman–Crippen LogP) is 1.43.